The van der Waals surface area contributed by atoms with Gasteiger partial charge in [-0.25, -0.2) is 0 Å². The van der Waals surface area contributed by atoms with Crippen LogP contribution in [-0.2, 0) is 46.2 Å². The van der Waals surface area contributed by atoms with Gasteiger partial charge in [0.1, 0.15) is 0 Å². The molecule has 1 atom stereocenters. The topological polar surface area (TPSA) is 114 Å². The molecule has 0 bridgehead atoms. The zero-order valence-corrected chi connectivity index (χ0v) is 64.1. The van der Waals surface area contributed by atoms with Gasteiger partial charge < -0.3 is 48.7 Å². The summed E-state index contributed by atoms with van der Waals surface area (Å²) in [4.78, 5) is 10.7. The summed E-state index contributed by atoms with van der Waals surface area (Å²) in [5.74, 6) is 0. The van der Waals surface area contributed by atoms with Crippen molar-refractivity contribution in [2.45, 2.75) is 296 Å². The number of ether oxygens (including phenoxy) is 7. The zero-order chi connectivity index (χ0) is 68.0. The largest absolute Gasteiger partial charge is 0.381 e. The van der Waals surface area contributed by atoms with Gasteiger partial charge in [0.05, 0.1) is 63.6 Å². The number of piperazine rings is 1. The van der Waals surface area contributed by atoms with Crippen molar-refractivity contribution in [3.63, 3.8) is 0 Å². The number of likely N-dealkylation sites (tertiary alicyclic amines) is 1. The maximum atomic E-state index is 6.98. The Bertz CT molecular complexity index is 2120. The fraction of sp³-hybridized carbons (Fsp3) is 0.922. The molecule has 2 aliphatic heterocycles. The Morgan fingerprint density at radius 1 is 0.549 bits per heavy atom. The molecular weight excluding hydrogens is 1130 g/mol. The first-order valence-corrected chi connectivity index (χ1v) is 36.5. The molecule has 2 saturated heterocycles. The van der Waals surface area contributed by atoms with Gasteiger partial charge in [0.25, 0.3) is 0 Å². The highest BCUT2D eigenvalue weighted by atomic mass is 16.5. The number of nitrogens with zero attached hydrogens (tertiary/aromatic N) is 4. The molecule has 1 aliphatic carbocycles. The van der Waals surface area contributed by atoms with E-state index in [0.717, 1.165) is 163 Å². The van der Waals surface area contributed by atoms with Gasteiger partial charge in [0.2, 0.25) is 0 Å². The highest BCUT2D eigenvalue weighted by Crippen LogP contribution is 2.46. The number of hydrogen-bond donors (Lipinski definition) is 3. The second-order valence-electron chi connectivity index (χ2n) is 36.4. The SMILES string of the molecule is CC(C)(C)COCCCOC1CN(C(C)(C)CCC(C)(C)NC2CC(OCCOCC(C)(C)C(C)(C)[C@@H](CCC(C)(C)CCN3CCN(CCN(C(C)(C)C)C(C)(C)NCCCOCc4cccc(CC(C)(C)C)c4)CC3)OCCCOCCNC(C)(C)C)C2)C1. The standard InChI is InChI=1S/C77H149N7O7/c1-68(2,3)56-62-29-25-30-63(53-62)59-86-45-26-36-79-77(23,24)84(71(10,11)12)44-43-82-41-39-81(40-42-82)38-35-72(13,14)32-31-67(91-49-27-46-85-50-37-78-70(7,8)9)76(21,22)73(15,16)61-88-51-52-90-65-54-64(55-65)80-74(17,18)33-34-75(19,20)83-57-66(58-83)89-48-28-47-87-60-69(4,5)6/h25,29-30,53,64-67,78-80H,26-28,31-52,54-61H2,1-24H3/t64?,65?,67-/m1/s1. The van der Waals surface area contributed by atoms with E-state index in [1.54, 1.807) is 0 Å². The minimum atomic E-state index is -0.141. The second-order valence-corrected chi connectivity index (χ2v) is 36.4. The van der Waals surface area contributed by atoms with Crippen molar-refractivity contribution >= 4 is 0 Å². The van der Waals surface area contributed by atoms with Crippen molar-refractivity contribution in [3.8, 4) is 0 Å². The van der Waals surface area contributed by atoms with E-state index in [9.17, 15) is 0 Å². The summed E-state index contributed by atoms with van der Waals surface area (Å²) in [5, 5.41) is 11.4. The third kappa shape index (κ3) is 32.7. The highest BCUT2D eigenvalue weighted by Gasteiger charge is 2.45. The Balaban J connectivity index is 1.16. The Morgan fingerprint density at radius 3 is 1.79 bits per heavy atom. The fourth-order valence-electron chi connectivity index (χ4n) is 13.2. The number of rotatable bonds is 46. The van der Waals surface area contributed by atoms with Gasteiger partial charge in [-0.15, -0.1) is 0 Å². The molecule has 1 aromatic carbocycles. The predicted molar refractivity (Wildman–Crippen MR) is 384 cm³/mol. The van der Waals surface area contributed by atoms with Gasteiger partial charge in [-0.1, -0.05) is 107 Å². The lowest BCUT2D eigenvalue weighted by atomic mass is 9.63. The highest BCUT2D eigenvalue weighted by molar-refractivity contribution is 5.24. The van der Waals surface area contributed by atoms with Crippen molar-refractivity contribution in [1.82, 2.24) is 35.6 Å². The molecule has 534 valence electrons. The van der Waals surface area contributed by atoms with Crippen molar-refractivity contribution in [3.05, 3.63) is 35.4 Å². The van der Waals surface area contributed by atoms with E-state index in [0.29, 0.717) is 64.5 Å². The first kappa shape index (κ1) is 82.1. The third-order valence-corrected chi connectivity index (χ3v) is 20.1. The molecule has 0 unspecified atom stereocenters. The van der Waals surface area contributed by atoms with Gasteiger partial charge in [0, 0.05) is 120 Å². The van der Waals surface area contributed by atoms with Crippen molar-refractivity contribution in [2.75, 3.05) is 138 Å². The molecule has 1 aromatic rings. The normalized spacial score (nSPS) is 19.2. The molecule has 0 aromatic heterocycles. The Labute approximate surface area is 562 Å². The molecule has 0 amide bonds. The molecule has 0 radical (unpaired) electrons. The lowest BCUT2D eigenvalue weighted by Gasteiger charge is -2.50. The summed E-state index contributed by atoms with van der Waals surface area (Å²) >= 11 is 0. The monoisotopic (exact) mass is 1280 g/mol. The summed E-state index contributed by atoms with van der Waals surface area (Å²) in [6, 6.07) is 9.41. The van der Waals surface area contributed by atoms with Crippen molar-refractivity contribution in [1.29, 1.82) is 0 Å². The van der Waals surface area contributed by atoms with Crippen molar-refractivity contribution < 1.29 is 33.2 Å². The maximum Gasteiger partial charge on any atom is 0.0829 e. The van der Waals surface area contributed by atoms with E-state index in [4.69, 9.17) is 33.2 Å². The Morgan fingerprint density at radius 2 is 1.15 bits per heavy atom. The van der Waals surface area contributed by atoms with Crippen LogP contribution in [0.1, 0.15) is 242 Å². The van der Waals surface area contributed by atoms with Crippen LogP contribution in [0.25, 0.3) is 0 Å². The van der Waals surface area contributed by atoms with Gasteiger partial charge in [-0.05, 0) is 205 Å². The zero-order valence-electron chi connectivity index (χ0n) is 64.1. The molecular formula is C77H149N7O7. The van der Waals surface area contributed by atoms with Gasteiger partial charge in [-0.2, -0.15) is 0 Å². The molecule has 3 fully saturated rings. The van der Waals surface area contributed by atoms with Crippen molar-refractivity contribution in [2.24, 2.45) is 27.1 Å². The van der Waals surface area contributed by atoms with Crippen LogP contribution in [0.5, 0.6) is 0 Å². The van der Waals surface area contributed by atoms with Gasteiger partial charge in [0.15, 0.2) is 0 Å². The maximum absolute atomic E-state index is 6.98. The minimum absolute atomic E-state index is 0.0316. The fourth-order valence-corrected chi connectivity index (χ4v) is 13.2. The number of benzene rings is 1. The average molecular weight is 1290 g/mol. The van der Waals surface area contributed by atoms with E-state index in [-0.39, 0.29) is 61.0 Å². The predicted octanol–water partition coefficient (Wildman–Crippen LogP) is 14.3. The third-order valence-electron chi connectivity index (χ3n) is 20.1. The van der Waals surface area contributed by atoms with Crippen LogP contribution < -0.4 is 16.0 Å². The average Bonchev–Trinajstić information content (AvgIpc) is 0.976. The van der Waals surface area contributed by atoms with E-state index in [1.165, 1.54) is 17.5 Å². The number of hydrogen-bond acceptors (Lipinski definition) is 14. The quantitative estimate of drug-likeness (QED) is 0.0425. The molecule has 1 saturated carbocycles. The van der Waals surface area contributed by atoms with Crippen LogP contribution in [0.15, 0.2) is 24.3 Å². The molecule has 91 heavy (non-hydrogen) atoms. The first-order valence-electron chi connectivity index (χ1n) is 36.5. The second kappa shape index (κ2) is 37.0. The molecule has 3 N–H and O–H groups in total. The smallest absolute Gasteiger partial charge is 0.0829 e. The van der Waals surface area contributed by atoms with Crippen LogP contribution >= 0.6 is 0 Å². The molecule has 3 aliphatic rings. The van der Waals surface area contributed by atoms with Gasteiger partial charge >= 0.3 is 0 Å². The lowest BCUT2D eigenvalue weighted by molar-refractivity contribution is -0.121. The van der Waals surface area contributed by atoms with E-state index in [2.05, 4.69) is 226 Å². The van der Waals surface area contributed by atoms with E-state index in [1.807, 2.05) is 0 Å². The summed E-state index contributed by atoms with van der Waals surface area (Å²) in [6.07, 6.45) is 12.3. The van der Waals surface area contributed by atoms with Crippen LogP contribution in [0, 0.1) is 27.1 Å². The summed E-state index contributed by atoms with van der Waals surface area (Å²) in [6.45, 7) is 75.4. The molecule has 2 heterocycles. The Kier molecular flexibility index (Phi) is 33.4. The lowest BCUT2D eigenvalue weighted by Crippen LogP contribution is -2.63. The van der Waals surface area contributed by atoms with Crippen LogP contribution in [0.3, 0.4) is 0 Å². The molecule has 14 heteroatoms. The summed E-state index contributed by atoms with van der Waals surface area (Å²) < 4.78 is 44.1. The minimum Gasteiger partial charge on any atom is -0.381 e. The number of nitrogens with one attached hydrogen (secondary N) is 3. The van der Waals surface area contributed by atoms with Crippen LogP contribution in [0.2, 0.25) is 0 Å². The summed E-state index contributed by atoms with van der Waals surface area (Å²) in [7, 11) is 0. The van der Waals surface area contributed by atoms with Crippen LogP contribution in [0.4, 0.5) is 0 Å². The summed E-state index contributed by atoms with van der Waals surface area (Å²) in [5.41, 5.74) is 3.27. The van der Waals surface area contributed by atoms with E-state index < -0.39 is 0 Å². The molecule has 4 rings (SSSR count). The van der Waals surface area contributed by atoms with E-state index >= 15 is 0 Å². The molecule has 0 spiro atoms. The Hall–Kier alpha value is -1.34. The first-order chi connectivity index (χ1) is 42.1. The van der Waals surface area contributed by atoms with Crippen LogP contribution in [-0.4, -0.2) is 210 Å². The molecule has 14 nitrogen and oxygen atoms in total. The van der Waals surface area contributed by atoms with Gasteiger partial charge in [-0.3, -0.25) is 20.0 Å².